The van der Waals surface area contributed by atoms with Gasteiger partial charge in [-0.15, -0.1) is 0 Å². The van der Waals surface area contributed by atoms with Gasteiger partial charge in [-0.25, -0.2) is 27.5 Å². The van der Waals surface area contributed by atoms with Crippen LogP contribution in [0.2, 0.25) is 0 Å². The van der Waals surface area contributed by atoms with E-state index in [2.05, 4.69) is 9.97 Å². The van der Waals surface area contributed by atoms with Gasteiger partial charge >= 0.3 is 0 Å². The second-order valence-corrected chi connectivity index (χ2v) is 4.82. The molecule has 0 N–H and O–H groups in total. The van der Waals surface area contributed by atoms with E-state index in [1.54, 1.807) is 0 Å². The van der Waals surface area contributed by atoms with Crippen LogP contribution in [-0.2, 0) is 0 Å². The van der Waals surface area contributed by atoms with E-state index in [9.17, 15) is 17.6 Å². The monoisotopic (exact) mass is 329 g/mol. The Labute approximate surface area is 133 Å². The normalized spacial score (nSPS) is 10.5. The summed E-state index contributed by atoms with van der Waals surface area (Å²) < 4.78 is 54.7. The van der Waals surface area contributed by atoms with Crippen LogP contribution in [0.5, 0.6) is 0 Å². The molecular weight excluding hydrogens is 322 g/mol. The second-order valence-electron chi connectivity index (χ2n) is 4.82. The van der Waals surface area contributed by atoms with Gasteiger partial charge in [0.25, 0.3) is 0 Å². The van der Waals surface area contributed by atoms with Gasteiger partial charge in [-0.3, -0.25) is 0 Å². The molecule has 0 amide bonds. The van der Waals surface area contributed by atoms with Crippen molar-refractivity contribution in [1.82, 2.24) is 9.97 Å². The van der Waals surface area contributed by atoms with Crippen molar-refractivity contribution in [2.24, 2.45) is 0 Å². The van der Waals surface area contributed by atoms with E-state index in [0.29, 0.717) is 0 Å². The summed E-state index contributed by atoms with van der Waals surface area (Å²) >= 11 is 0. The fourth-order valence-corrected chi connectivity index (χ4v) is 2.19. The lowest BCUT2D eigenvalue weighted by Gasteiger charge is -2.06. The zero-order valence-electron chi connectivity index (χ0n) is 11.9. The molecule has 1 heterocycles. The summed E-state index contributed by atoms with van der Waals surface area (Å²) in [5.41, 5.74) is -0.904. The van der Waals surface area contributed by atoms with Crippen LogP contribution >= 0.6 is 0 Å². The molecule has 0 aliphatic heterocycles. The molecule has 0 atom stereocenters. The summed E-state index contributed by atoms with van der Waals surface area (Å²) in [6.45, 7) is 0. The zero-order chi connectivity index (χ0) is 17.3. The van der Waals surface area contributed by atoms with Crippen molar-refractivity contribution >= 4 is 0 Å². The number of nitrogens with zero attached hydrogens (tertiary/aromatic N) is 3. The van der Waals surface area contributed by atoms with E-state index >= 15 is 0 Å². The Morgan fingerprint density at radius 2 is 1.33 bits per heavy atom. The highest BCUT2D eigenvalue weighted by molar-refractivity contribution is 5.65. The number of rotatable bonds is 2. The predicted molar refractivity (Wildman–Crippen MR) is 77.5 cm³/mol. The minimum absolute atomic E-state index is 0.00422. The zero-order valence-corrected chi connectivity index (χ0v) is 11.9. The lowest BCUT2D eigenvalue weighted by atomic mass is 10.1. The van der Waals surface area contributed by atoms with Crippen LogP contribution in [0.15, 0.2) is 42.7 Å². The average molecular weight is 329 g/mol. The molecule has 118 valence electrons. The van der Waals surface area contributed by atoms with Crippen LogP contribution in [0.25, 0.3) is 22.5 Å². The molecule has 0 bridgehead atoms. The topological polar surface area (TPSA) is 49.6 Å². The largest absolute Gasteiger partial charge is 0.236 e. The van der Waals surface area contributed by atoms with E-state index in [4.69, 9.17) is 5.26 Å². The number of hydrogen-bond donors (Lipinski definition) is 0. The standard InChI is InChI=1S/C17H7F4N3/c18-12-2-1-3-13(19)16(12)10-7-23-17(24-8-10)9-4-14(20)11(6-22)15(21)5-9/h1-5,7-8H. The molecule has 0 aliphatic carbocycles. The molecule has 2 aromatic carbocycles. The van der Waals surface area contributed by atoms with Crippen molar-refractivity contribution in [3.05, 3.63) is 71.6 Å². The molecule has 24 heavy (non-hydrogen) atoms. The number of benzene rings is 2. The summed E-state index contributed by atoms with van der Waals surface area (Å²) in [5.74, 6) is -3.68. The van der Waals surface area contributed by atoms with Crippen LogP contribution in [0.1, 0.15) is 5.56 Å². The maximum absolute atomic E-state index is 13.7. The summed E-state index contributed by atoms with van der Waals surface area (Å²) in [6.07, 6.45) is 2.30. The van der Waals surface area contributed by atoms with Crippen molar-refractivity contribution in [1.29, 1.82) is 5.26 Å². The van der Waals surface area contributed by atoms with Crippen molar-refractivity contribution in [2.45, 2.75) is 0 Å². The fourth-order valence-electron chi connectivity index (χ4n) is 2.19. The van der Waals surface area contributed by atoms with Gasteiger partial charge in [0, 0.05) is 23.5 Å². The van der Waals surface area contributed by atoms with E-state index in [0.717, 1.165) is 36.7 Å². The molecule has 0 aliphatic rings. The third-order valence-electron chi connectivity index (χ3n) is 3.32. The highest BCUT2D eigenvalue weighted by Gasteiger charge is 2.15. The van der Waals surface area contributed by atoms with Gasteiger partial charge in [-0.05, 0) is 24.3 Å². The van der Waals surface area contributed by atoms with Gasteiger partial charge in [0.05, 0.1) is 5.56 Å². The first-order valence-electron chi connectivity index (χ1n) is 6.67. The Kier molecular flexibility index (Phi) is 3.96. The lowest BCUT2D eigenvalue weighted by molar-refractivity contribution is 0.577. The molecule has 0 saturated carbocycles. The van der Waals surface area contributed by atoms with E-state index in [1.807, 2.05) is 0 Å². The van der Waals surface area contributed by atoms with Crippen molar-refractivity contribution in [3.8, 4) is 28.6 Å². The maximum atomic E-state index is 13.7. The first kappa shape index (κ1) is 15.6. The molecule has 3 rings (SSSR count). The van der Waals surface area contributed by atoms with E-state index < -0.39 is 28.8 Å². The predicted octanol–water partition coefficient (Wildman–Crippen LogP) is 4.24. The molecule has 0 radical (unpaired) electrons. The molecule has 0 unspecified atom stereocenters. The Bertz CT molecular complexity index is 919. The number of nitriles is 1. The van der Waals surface area contributed by atoms with Crippen LogP contribution in [0, 0.1) is 34.6 Å². The Morgan fingerprint density at radius 1 is 0.792 bits per heavy atom. The molecule has 7 heteroatoms. The maximum Gasteiger partial charge on any atom is 0.159 e. The summed E-state index contributed by atoms with van der Waals surface area (Å²) in [5, 5.41) is 8.64. The minimum atomic E-state index is -1.04. The minimum Gasteiger partial charge on any atom is -0.236 e. The third-order valence-corrected chi connectivity index (χ3v) is 3.32. The Hall–Kier alpha value is -3.27. The average Bonchev–Trinajstić information content (AvgIpc) is 2.55. The SMILES string of the molecule is N#Cc1c(F)cc(-c2ncc(-c3c(F)cccc3F)cn2)cc1F. The van der Waals surface area contributed by atoms with Gasteiger partial charge in [0.15, 0.2) is 5.82 Å². The van der Waals surface area contributed by atoms with Gasteiger partial charge in [0.2, 0.25) is 0 Å². The highest BCUT2D eigenvalue weighted by atomic mass is 19.1. The van der Waals surface area contributed by atoms with Gasteiger partial charge < -0.3 is 0 Å². The van der Waals surface area contributed by atoms with E-state index in [1.165, 1.54) is 12.1 Å². The molecule has 0 fully saturated rings. The first-order valence-corrected chi connectivity index (χ1v) is 6.67. The third kappa shape index (κ3) is 2.70. The van der Waals surface area contributed by atoms with Gasteiger partial charge in [-0.1, -0.05) is 6.07 Å². The molecule has 0 spiro atoms. The number of aromatic nitrogens is 2. The number of hydrogen-bond acceptors (Lipinski definition) is 3. The smallest absolute Gasteiger partial charge is 0.159 e. The van der Waals surface area contributed by atoms with Crippen LogP contribution in [-0.4, -0.2) is 9.97 Å². The molecule has 1 aromatic heterocycles. The highest BCUT2D eigenvalue weighted by Crippen LogP contribution is 2.26. The Morgan fingerprint density at radius 3 is 1.83 bits per heavy atom. The van der Waals surface area contributed by atoms with Crippen LogP contribution in [0.3, 0.4) is 0 Å². The molecule has 3 aromatic rings. The summed E-state index contributed by atoms with van der Waals surface area (Å²) in [4.78, 5) is 7.77. The molecule has 0 saturated heterocycles. The fraction of sp³-hybridized carbons (Fsp3) is 0. The van der Waals surface area contributed by atoms with Crippen LogP contribution < -0.4 is 0 Å². The van der Waals surface area contributed by atoms with E-state index in [-0.39, 0.29) is 22.5 Å². The first-order chi connectivity index (χ1) is 11.5. The quantitative estimate of drug-likeness (QED) is 0.661. The van der Waals surface area contributed by atoms with Crippen molar-refractivity contribution in [2.75, 3.05) is 0 Å². The Balaban J connectivity index is 2.04. The number of halogens is 4. The van der Waals surface area contributed by atoms with Gasteiger partial charge in [0.1, 0.15) is 34.9 Å². The van der Waals surface area contributed by atoms with Crippen molar-refractivity contribution < 1.29 is 17.6 Å². The van der Waals surface area contributed by atoms with Crippen LogP contribution in [0.4, 0.5) is 17.6 Å². The summed E-state index contributed by atoms with van der Waals surface area (Å²) in [7, 11) is 0. The molecule has 3 nitrogen and oxygen atoms in total. The lowest BCUT2D eigenvalue weighted by Crippen LogP contribution is -1.96. The molecular formula is C17H7F4N3. The van der Waals surface area contributed by atoms with Crippen molar-refractivity contribution in [3.63, 3.8) is 0 Å². The van der Waals surface area contributed by atoms with Gasteiger partial charge in [-0.2, -0.15) is 5.26 Å². The second kappa shape index (κ2) is 6.08. The summed E-state index contributed by atoms with van der Waals surface area (Å²) in [6, 6.07) is 6.66.